The monoisotopic (exact) mass is 253 g/mol. The highest BCUT2D eigenvalue weighted by atomic mass is 19.4. The molecule has 0 fully saturated rings. The van der Waals surface area contributed by atoms with Crippen molar-refractivity contribution in [1.82, 2.24) is 4.57 Å². The van der Waals surface area contributed by atoms with Crippen LogP contribution in [0.5, 0.6) is 0 Å². The smallest absolute Gasteiger partial charge is 0.321 e. The zero-order chi connectivity index (χ0) is 13.3. The number of nitrogens with zero attached hydrogens (tertiary/aromatic N) is 1. The van der Waals surface area contributed by atoms with Crippen molar-refractivity contribution < 1.29 is 13.2 Å². The lowest BCUT2D eigenvalue weighted by Gasteiger charge is -2.13. The van der Waals surface area contributed by atoms with Crippen LogP contribution in [0.15, 0.2) is 42.6 Å². The Hall–Kier alpha value is -1.71. The third-order valence-electron chi connectivity index (χ3n) is 2.84. The minimum atomic E-state index is -4.28. The lowest BCUT2D eigenvalue weighted by molar-refractivity contribution is -0.137. The normalized spacial score (nSPS) is 12.1. The fraction of sp³-hybridized carbons (Fsp3) is 0.286. The summed E-state index contributed by atoms with van der Waals surface area (Å²) in [6.07, 6.45) is -2.42. The largest absolute Gasteiger partial charge is 0.416 e. The molecule has 1 heterocycles. The number of halogens is 3. The van der Waals surface area contributed by atoms with Crippen LogP contribution in [0.4, 0.5) is 13.2 Å². The number of benzene rings is 1. The summed E-state index contributed by atoms with van der Waals surface area (Å²) in [6, 6.07) is 9.08. The van der Waals surface area contributed by atoms with E-state index in [4.69, 9.17) is 0 Å². The summed E-state index contributed by atoms with van der Waals surface area (Å²) in [4.78, 5) is 0. The molecule has 0 radical (unpaired) electrons. The SMILES string of the molecule is CC(C)c1cccn1-c1ccc(C(F)(F)F)cc1. The zero-order valence-corrected chi connectivity index (χ0v) is 10.2. The zero-order valence-electron chi connectivity index (χ0n) is 10.2. The van der Waals surface area contributed by atoms with E-state index in [1.807, 2.05) is 22.9 Å². The Morgan fingerprint density at radius 1 is 1.00 bits per heavy atom. The van der Waals surface area contributed by atoms with Gasteiger partial charge in [-0.15, -0.1) is 0 Å². The highest BCUT2D eigenvalue weighted by Crippen LogP contribution is 2.30. The molecule has 0 spiro atoms. The van der Waals surface area contributed by atoms with E-state index in [0.717, 1.165) is 23.5 Å². The summed E-state index contributed by atoms with van der Waals surface area (Å²) < 4.78 is 39.3. The van der Waals surface area contributed by atoms with Gasteiger partial charge in [-0.3, -0.25) is 0 Å². The molecule has 1 aromatic heterocycles. The van der Waals surface area contributed by atoms with E-state index in [9.17, 15) is 13.2 Å². The van der Waals surface area contributed by atoms with Crippen molar-refractivity contribution in [1.29, 1.82) is 0 Å². The molecule has 0 amide bonds. The molecule has 1 nitrogen and oxygen atoms in total. The van der Waals surface area contributed by atoms with Crippen molar-refractivity contribution in [2.45, 2.75) is 25.9 Å². The molecule has 0 bridgehead atoms. The van der Waals surface area contributed by atoms with Crippen molar-refractivity contribution in [3.05, 3.63) is 53.9 Å². The lowest BCUT2D eigenvalue weighted by atomic mass is 10.1. The van der Waals surface area contributed by atoms with Crippen LogP contribution in [0.1, 0.15) is 31.0 Å². The third kappa shape index (κ3) is 2.42. The number of hydrogen-bond acceptors (Lipinski definition) is 0. The molecule has 18 heavy (non-hydrogen) atoms. The van der Waals surface area contributed by atoms with E-state index >= 15 is 0 Å². The van der Waals surface area contributed by atoms with Gasteiger partial charge < -0.3 is 4.57 Å². The predicted octanol–water partition coefficient (Wildman–Crippen LogP) is 4.62. The first-order valence-corrected chi connectivity index (χ1v) is 5.74. The van der Waals surface area contributed by atoms with E-state index in [1.54, 1.807) is 0 Å². The fourth-order valence-corrected chi connectivity index (χ4v) is 1.91. The molecule has 0 aliphatic heterocycles. The number of rotatable bonds is 2. The van der Waals surface area contributed by atoms with Gasteiger partial charge >= 0.3 is 6.18 Å². The molecular formula is C14H14F3N. The Labute approximate surface area is 104 Å². The summed E-state index contributed by atoms with van der Waals surface area (Å²) in [5.41, 5.74) is 1.20. The summed E-state index contributed by atoms with van der Waals surface area (Å²) in [5, 5.41) is 0. The molecule has 0 aliphatic carbocycles. The average Bonchev–Trinajstić information content (AvgIpc) is 2.77. The van der Waals surface area contributed by atoms with Gasteiger partial charge in [-0.1, -0.05) is 13.8 Å². The van der Waals surface area contributed by atoms with Gasteiger partial charge in [-0.2, -0.15) is 13.2 Å². The van der Waals surface area contributed by atoms with Crippen LogP contribution in [0, 0.1) is 0 Å². The summed E-state index contributed by atoms with van der Waals surface area (Å²) >= 11 is 0. The summed E-state index contributed by atoms with van der Waals surface area (Å²) in [5.74, 6) is 0.322. The maximum atomic E-state index is 12.5. The highest BCUT2D eigenvalue weighted by molar-refractivity contribution is 5.38. The molecule has 0 saturated heterocycles. The van der Waals surface area contributed by atoms with E-state index in [1.165, 1.54) is 12.1 Å². The van der Waals surface area contributed by atoms with Crippen LogP contribution in [-0.2, 0) is 6.18 Å². The predicted molar refractivity (Wildman–Crippen MR) is 64.9 cm³/mol. The van der Waals surface area contributed by atoms with Crippen molar-refractivity contribution in [3.63, 3.8) is 0 Å². The molecule has 0 atom stereocenters. The van der Waals surface area contributed by atoms with Crippen LogP contribution in [-0.4, -0.2) is 4.57 Å². The van der Waals surface area contributed by atoms with Gasteiger partial charge in [0, 0.05) is 17.6 Å². The van der Waals surface area contributed by atoms with E-state index in [2.05, 4.69) is 13.8 Å². The average molecular weight is 253 g/mol. The van der Waals surface area contributed by atoms with Gasteiger partial charge in [0.1, 0.15) is 0 Å². The molecule has 2 aromatic rings. The number of hydrogen-bond donors (Lipinski definition) is 0. The van der Waals surface area contributed by atoms with Gasteiger partial charge in [0.2, 0.25) is 0 Å². The Bertz CT molecular complexity index is 521. The molecule has 4 heteroatoms. The quantitative estimate of drug-likeness (QED) is 0.736. The van der Waals surface area contributed by atoms with Gasteiger partial charge in [0.05, 0.1) is 5.56 Å². The second kappa shape index (κ2) is 4.52. The van der Waals surface area contributed by atoms with Crippen molar-refractivity contribution in [3.8, 4) is 5.69 Å². The van der Waals surface area contributed by atoms with Gasteiger partial charge in [0.15, 0.2) is 0 Å². The Morgan fingerprint density at radius 2 is 1.61 bits per heavy atom. The topological polar surface area (TPSA) is 4.93 Å². The van der Waals surface area contributed by atoms with E-state index in [-0.39, 0.29) is 0 Å². The van der Waals surface area contributed by atoms with Crippen molar-refractivity contribution in [2.75, 3.05) is 0 Å². The molecule has 0 saturated carbocycles. The number of alkyl halides is 3. The van der Waals surface area contributed by atoms with Gasteiger partial charge in [-0.25, -0.2) is 0 Å². The molecule has 0 N–H and O–H groups in total. The lowest BCUT2D eigenvalue weighted by Crippen LogP contribution is -2.05. The minimum absolute atomic E-state index is 0.322. The fourth-order valence-electron chi connectivity index (χ4n) is 1.91. The van der Waals surface area contributed by atoms with Gasteiger partial charge in [0.25, 0.3) is 0 Å². The van der Waals surface area contributed by atoms with Crippen molar-refractivity contribution >= 4 is 0 Å². The summed E-state index contributed by atoms with van der Waals surface area (Å²) in [7, 11) is 0. The Morgan fingerprint density at radius 3 is 2.11 bits per heavy atom. The Kier molecular flexibility index (Phi) is 3.20. The molecule has 0 unspecified atom stereocenters. The molecular weight excluding hydrogens is 239 g/mol. The minimum Gasteiger partial charge on any atom is -0.321 e. The highest BCUT2D eigenvalue weighted by Gasteiger charge is 2.30. The van der Waals surface area contributed by atoms with Crippen LogP contribution < -0.4 is 0 Å². The van der Waals surface area contributed by atoms with Crippen LogP contribution in [0.2, 0.25) is 0 Å². The first-order valence-electron chi connectivity index (χ1n) is 5.74. The van der Waals surface area contributed by atoms with Crippen LogP contribution >= 0.6 is 0 Å². The number of aromatic nitrogens is 1. The third-order valence-corrected chi connectivity index (χ3v) is 2.84. The second-order valence-corrected chi connectivity index (χ2v) is 4.50. The van der Waals surface area contributed by atoms with Crippen LogP contribution in [0.25, 0.3) is 5.69 Å². The van der Waals surface area contributed by atoms with E-state index < -0.39 is 11.7 Å². The summed E-state index contributed by atoms with van der Waals surface area (Å²) in [6.45, 7) is 4.10. The second-order valence-electron chi connectivity index (χ2n) is 4.50. The van der Waals surface area contributed by atoms with Crippen molar-refractivity contribution in [2.24, 2.45) is 0 Å². The molecule has 0 aliphatic rings. The molecule has 96 valence electrons. The maximum Gasteiger partial charge on any atom is 0.416 e. The van der Waals surface area contributed by atoms with Gasteiger partial charge in [-0.05, 0) is 42.3 Å². The first kappa shape index (κ1) is 12.7. The Balaban J connectivity index is 2.38. The first-order chi connectivity index (χ1) is 8.39. The molecule has 2 rings (SSSR count). The maximum absolute atomic E-state index is 12.5. The standard InChI is InChI=1S/C14H14F3N/c1-10(2)13-4-3-9-18(13)12-7-5-11(6-8-12)14(15,16)17/h3-10H,1-2H3. The molecule has 1 aromatic carbocycles. The van der Waals surface area contributed by atoms with Crippen LogP contribution in [0.3, 0.4) is 0 Å². The van der Waals surface area contributed by atoms with E-state index in [0.29, 0.717) is 5.92 Å².